The predicted molar refractivity (Wildman–Crippen MR) is 90.8 cm³/mol. The van der Waals surface area contributed by atoms with E-state index in [-0.39, 0.29) is 37.4 Å². The van der Waals surface area contributed by atoms with Crippen LogP contribution in [0.5, 0.6) is 0 Å². The van der Waals surface area contributed by atoms with Crippen LogP contribution < -0.4 is 0 Å². The molecule has 1 amide bonds. The van der Waals surface area contributed by atoms with Gasteiger partial charge in [-0.1, -0.05) is 0 Å². The van der Waals surface area contributed by atoms with Crippen molar-refractivity contribution < 1.29 is 33.9 Å². The molecule has 1 fully saturated rings. The minimum Gasteiger partial charge on any atom is -0.464 e. The SMILES string of the molecule is CCOC(=O)C1(C(=O)OCC)CC(O)CN1C(=O)c1ccc([N+](=O)[O-])cc1. The van der Waals surface area contributed by atoms with Gasteiger partial charge in [0.15, 0.2) is 0 Å². The number of aliphatic hydroxyl groups is 1. The van der Waals surface area contributed by atoms with Crippen molar-refractivity contribution in [3.05, 3.63) is 39.9 Å². The first-order valence-corrected chi connectivity index (χ1v) is 8.36. The first-order valence-electron chi connectivity index (χ1n) is 8.36. The van der Waals surface area contributed by atoms with Crippen LogP contribution in [0.4, 0.5) is 5.69 Å². The maximum atomic E-state index is 12.9. The van der Waals surface area contributed by atoms with E-state index in [0.717, 1.165) is 17.0 Å². The molecular weight excluding hydrogens is 360 g/mol. The van der Waals surface area contributed by atoms with E-state index in [4.69, 9.17) is 9.47 Å². The third-order valence-electron chi connectivity index (χ3n) is 4.18. The molecule has 1 aromatic rings. The molecule has 1 unspecified atom stereocenters. The number of carbonyl (C=O) groups is 3. The molecule has 0 aromatic heterocycles. The van der Waals surface area contributed by atoms with Gasteiger partial charge in [-0.15, -0.1) is 0 Å². The van der Waals surface area contributed by atoms with Crippen molar-refractivity contribution in [1.29, 1.82) is 0 Å². The lowest BCUT2D eigenvalue weighted by atomic mass is 9.94. The first-order chi connectivity index (χ1) is 12.8. The van der Waals surface area contributed by atoms with Gasteiger partial charge in [0.05, 0.1) is 24.2 Å². The topological polar surface area (TPSA) is 136 Å². The number of nitro groups is 1. The number of nitro benzene ring substituents is 1. The summed E-state index contributed by atoms with van der Waals surface area (Å²) in [7, 11) is 0. The van der Waals surface area contributed by atoms with Gasteiger partial charge >= 0.3 is 11.9 Å². The molecular formula is C17H20N2O8. The molecule has 0 saturated carbocycles. The van der Waals surface area contributed by atoms with E-state index in [9.17, 15) is 29.6 Å². The van der Waals surface area contributed by atoms with Crippen molar-refractivity contribution >= 4 is 23.5 Å². The zero-order chi connectivity index (χ0) is 20.2. The average molecular weight is 380 g/mol. The minimum atomic E-state index is -2.11. The van der Waals surface area contributed by atoms with Crippen LogP contribution in [0.2, 0.25) is 0 Å². The van der Waals surface area contributed by atoms with Crippen LogP contribution in [0.1, 0.15) is 30.6 Å². The van der Waals surface area contributed by atoms with Gasteiger partial charge in [-0.25, -0.2) is 9.59 Å². The number of esters is 2. The molecule has 2 rings (SSSR count). The molecule has 1 atom stereocenters. The highest BCUT2D eigenvalue weighted by atomic mass is 16.6. The molecule has 1 aliphatic rings. The Balaban J connectivity index is 2.46. The van der Waals surface area contributed by atoms with Crippen LogP contribution in [0.25, 0.3) is 0 Å². The van der Waals surface area contributed by atoms with Crippen LogP contribution in [-0.2, 0) is 19.1 Å². The van der Waals surface area contributed by atoms with Gasteiger partial charge in [-0.05, 0) is 26.0 Å². The summed E-state index contributed by atoms with van der Waals surface area (Å²) in [6.45, 7) is 2.74. The maximum absolute atomic E-state index is 12.9. The average Bonchev–Trinajstić information content (AvgIpc) is 3.00. The second kappa shape index (κ2) is 8.12. The van der Waals surface area contributed by atoms with Gasteiger partial charge in [0.1, 0.15) is 0 Å². The lowest BCUT2D eigenvalue weighted by molar-refractivity contribution is -0.384. The lowest BCUT2D eigenvalue weighted by Gasteiger charge is -2.33. The van der Waals surface area contributed by atoms with E-state index in [2.05, 4.69) is 0 Å². The summed E-state index contributed by atoms with van der Waals surface area (Å²) in [6, 6.07) is 4.70. The maximum Gasteiger partial charge on any atom is 0.344 e. The molecule has 27 heavy (non-hydrogen) atoms. The number of hydrogen-bond donors (Lipinski definition) is 1. The minimum absolute atomic E-state index is 0.0210. The van der Waals surface area contributed by atoms with Gasteiger partial charge in [0.25, 0.3) is 11.6 Å². The van der Waals surface area contributed by atoms with E-state index in [0.29, 0.717) is 0 Å². The number of likely N-dealkylation sites (tertiary alicyclic amines) is 1. The van der Waals surface area contributed by atoms with E-state index in [1.165, 1.54) is 12.1 Å². The van der Waals surface area contributed by atoms with Crippen molar-refractivity contribution in [1.82, 2.24) is 4.90 Å². The summed E-state index contributed by atoms with van der Waals surface area (Å²) >= 11 is 0. The number of non-ortho nitro benzene ring substituents is 1. The molecule has 0 aliphatic carbocycles. The number of ether oxygens (including phenoxy) is 2. The number of nitrogens with zero attached hydrogens (tertiary/aromatic N) is 2. The predicted octanol–water partition coefficient (Wildman–Crippen LogP) is 0.667. The van der Waals surface area contributed by atoms with Crippen LogP contribution in [0, 0.1) is 10.1 Å². The third-order valence-corrected chi connectivity index (χ3v) is 4.18. The van der Waals surface area contributed by atoms with Crippen LogP contribution >= 0.6 is 0 Å². The monoisotopic (exact) mass is 380 g/mol. The smallest absolute Gasteiger partial charge is 0.344 e. The van der Waals surface area contributed by atoms with E-state index >= 15 is 0 Å². The van der Waals surface area contributed by atoms with E-state index in [1.54, 1.807) is 13.8 Å². The van der Waals surface area contributed by atoms with Crippen molar-refractivity contribution in [2.24, 2.45) is 0 Å². The molecule has 1 aromatic carbocycles. The number of amides is 1. The Hall–Kier alpha value is -3.01. The molecule has 1 aliphatic heterocycles. The lowest BCUT2D eigenvalue weighted by Crippen LogP contribution is -2.59. The molecule has 0 bridgehead atoms. The summed E-state index contributed by atoms with van der Waals surface area (Å²) in [5.74, 6) is -2.73. The molecule has 0 radical (unpaired) electrons. The van der Waals surface area contributed by atoms with Crippen molar-refractivity contribution in [2.45, 2.75) is 31.9 Å². The van der Waals surface area contributed by atoms with E-state index in [1.807, 2.05) is 0 Å². The first kappa shape index (κ1) is 20.3. The molecule has 10 nitrogen and oxygen atoms in total. The van der Waals surface area contributed by atoms with Gasteiger partial charge in [0.2, 0.25) is 5.54 Å². The largest absolute Gasteiger partial charge is 0.464 e. The molecule has 0 spiro atoms. The Kier molecular flexibility index (Phi) is 6.11. The quantitative estimate of drug-likeness (QED) is 0.329. The fourth-order valence-electron chi connectivity index (χ4n) is 2.99. The van der Waals surface area contributed by atoms with Crippen molar-refractivity contribution in [3.8, 4) is 0 Å². The standard InChI is InChI=1S/C17H20N2O8/c1-3-26-15(22)17(16(23)27-4-2)9-13(20)10-18(17)14(21)11-5-7-12(8-6-11)19(24)25/h5-8,13,20H,3-4,9-10H2,1-2H3. The molecule has 1 heterocycles. The van der Waals surface area contributed by atoms with Crippen LogP contribution in [0.15, 0.2) is 24.3 Å². The molecule has 146 valence electrons. The number of benzene rings is 1. The second-order valence-corrected chi connectivity index (χ2v) is 5.88. The van der Waals surface area contributed by atoms with Crippen molar-refractivity contribution in [3.63, 3.8) is 0 Å². The van der Waals surface area contributed by atoms with Gasteiger partial charge in [-0.2, -0.15) is 0 Å². The Bertz CT molecular complexity index is 728. The molecule has 1 N–H and O–H groups in total. The highest BCUT2D eigenvalue weighted by Gasteiger charge is 2.61. The Morgan fingerprint density at radius 2 is 1.70 bits per heavy atom. The number of hydrogen-bond acceptors (Lipinski definition) is 8. The van der Waals surface area contributed by atoms with Crippen LogP contribution in [0.3, 0.4) is 0 Å². The highest BCUT2D eigenvalue weighted by Crippen LogP contribution is 2.34. The highest BCUT2D eigenvalue weighted by molar-refractivity contribution is 6.10. The fraction of sp³-hybridized carbons (Fsp3) is 0.471. The zero-order valence-electron chi connectivity index (χ0n) is 14.9. The summed E-state index contributed by atoms with van der Waals surface area (Å²) in [5, 5.41) is 20.8. The van der Waals surface area contributed by atoms with E-state index < -0.39 is 34.4 Å². The number of β-amino-alcohol motifs (C(OH)–C–C–N with tert-alkyl or cyclic N) is 1. The van der Waals surface area contributed by atoms with Gasteiger partial charge in [-0.3, -0.25) is 14.9 Å². The summed E-state index contributed by atoms with van der Waals surface area (Å²) in [4.78, 5) is 49.2. The second-order valence-electron chi connectivity index (χ2n) is 5.88. The van der Waals surface area contributed by atoms with Crippen LogP contribution in [-0.4, -0.2) is 64.2 Å². The zero-order valence-corrected chi connectivity index (χ0v) is 14.9. The molecule has 1 saturated heterocycles. The molecule has 10 heteroatoms. The van der Waals surface area contributed by atoms with Gasteiger partial charge < -0.3 is 19.5 Å². The summed E-state index contributed by atoms with van der Waals surface area (Å²) in [5.41, 5.74) is -2.30. The van der Waals surface area contributed by atoms with Gasteiger partial charge in [0, 0.05) is 30.7 Å². The Morgan fingerprint density at radius 3 is 2.15 bits per heavy atom. The Labute approximate surface area is 154 Å². The third kappa shape index (κ3) is 3.75. The number of rotatable bonds is 6. The van der Waals surface area contributed by atoms with Crippen molar-refractivity contribution in [2.75, 3.05) is 19.8 Å². The number of aliphatic hydroxyl groups excluding tert-OH is 1. The normalized spacial score (nSPS) is 18.0. The fourth-order valence-corrected chi connectivity index (χ4v) is 2.99. The summed E-state index contributed by atoms with van der Waals surface area (Å²) in [6.07, 6.45) is -1.50. The number of carbonyl (C=O) groups excluding carboxylic acids is 3. The summed E-state index contributed by atoms with van der Waals surface area (Å²) < 4.78 is 9.96. The Morgan fingerprint density at radius 1 is 1.19 bits per heavy atom.